The van der Waals surface area contributed by atoms with Gasteiger partial charge < -0.3 is 11.1 Å². The van der Waals surface area contributed by atoms with Crippen molar-refractivity contribution in [3.8, 4) is 0 Å². The molecular weight excluding hydrogens is 328 g/mol. The molecule has 19 heavy (non-hydrogen) atoms. The minimum absolute atomic E-state index is 0.422. The zero-order valence-corrected chi connectivity index (χ0v) is 12.3. The molecule has 5 heteroatoms. The fraction of sp³-hybridized carbons (Fsp3) is 0.0714. The van der Waals surface area contributed by atoms with Crippen molar-refractivity contribution < 1.29 is 4.79 Å². The molecule has 0 spiro atoms. The first-order chi connectivity index (χ1) is 9.06. The molecule has 0 aliphatic rings. The van der Waals surface area contributed by atoms with Gasteiger partial charge in [0.2, 0.25) is 5.91 Å². The van der Waals surface area contributed by atoms with Crippen LogP contribution in [0.2, 0.25) is 5.02 Å². The van der Waals surface area contributed by atoms with E-state index in [1.807, 2.05) is 30.3 Å². The second-order valence-electron chi connectivity index (χ2n) is 4.04. The maximum atomic E-state index is 11.1. The Bertz CT molecular complexity index is 616. The van der Waals surface area contributed by atoms with E-state index in [2.05, 4.69) is 21.2 Å². The summed E-state index contributed by atoms with van der Waals surface area (Å²) in [5, 5.41) is 3.94. The van der Waals surface area contributed by atoms with Crippen molar-refractivity contribution in [2.45, 2.75) is 6.54 Å². The number of hydrogen-bond acceptors (Lipinski definition) is 2. The summed E-state index contributed by atoms with van der Waals surface area (Å²) in [5.41, 5.74) is 7.68. The molecule has 0 aliphatic heterocycles. The summed E-state index contributed by atoms with van der Waals surface area (Å²) in [6.45, 7) is 0.599. The smallest absolute Gasteiger partial charge is 0.248 e. The van der Waals surface area contributed by atoms with Crippen molar-refractivity contribution in [1.29, 1.82) is 0 Å². The molecule has 0 saturated heterocycles. The van der Waals surface area contributed by atoms with Crippen molar-refractivity contribution >= 4 is 39.1 Å². The zero-order valence-electron chi connectivity index (χ0n) is 9.99. The number of primary amides is 1. The minimum atomic E-state index is -0.422. The van der Waals surface area contributed by atoms with E-state index in [1.165, 1.54) is 0 Å². The topological polar surface area (TPSA) is 55.1 Å². The molecule has 1 amide bonds. The summed E-state index contributed by atoms with van der Waals surface area (Å²) in [6.07, 6.45) is 0. The molecule has 0 saturated carbocycles. The van der Waals surface area contributed by atoms with Gasteiger partial charge in [0.1, 0.15) is 0 Å². The first-order valence-electron chi connectivity index (χ1n) is 5.64. The highest BCUT2D eigenvalue weighted by molar-refractivity contribution is 9.10. The Morgan fingerprint density at radius 1 is 1.26 bits per heavy atom. The number of benzene rings is 2. The van der Waals surface area contributed by atoms with E-state index in [-0.39, 0.29) is 0 Å². The Kier molecular flexibility index (Phi) is 4.45. The summed E-state index contributed by atoms with van der Waals surface area (Å²) in [5.74, 6) is -0.422. The third kappa shape index (κ3) is 3.72. The Morgan fingerprint density at radius 3 is 2.74 bits per heavy atom. The number of carbonyl (C=O) groups is 1. The Balaban J connectivity index is 2.10. The maximum Gasteiger partial charge on any atom is 0.248 e. The Morgan fingerprint density at radius 2 is 2.05 bits per heavy atom. The number of anilines is 1. The van der Waals surface area contributed by atoms with Crippen LogP contribution in [0.5, 0.6) is 0 Å². The molecular formula is C14H12BrClN2O. The lowest BCUT2D eigenvalue weighted by molar-refractivity contribution is 0.1000. The summed E-state index contributed by atoms with van der Waals surface area (Å²) >= 11 is 9.32. The van der Waals surface area contributed by atoms with E-state index in [4.69, 9.17) is 17.3 Å². The van der Waals surface area contributed by atoms with Crippen LogP contribution in [0.4, 0.5) is 5.69 Å². The molecule has 0 aromatic heterocycles. The largest absolute Gasteiger partial charge is 0.380 e. The predicted octanol–water partition coefficient (Wildman–Crippen LogP) is 3.81. The van der Waals surface area contributed by atoms with Gasteiger partial charge in [-0.1, -0.05) is 23.7 Å². The Hall–Kier alpha value is -1.52. The molecule has 2 aromatic carbocycles. The first-order valence-corrected chi connectivity index (χ1v) is 6.81. The van der Waals surface area contributed by atoms with Gasteiger partial charge in [-0.2, -0.15) is 0 Å². The zero-order chi connectivity index (χ0) is 13.8. The lowest BCUT2D eigenvalue weighted by Crippen LogP contribution is -2.11. The summed E-state index contributed by atoms with van der Waals surface area (Å²) in [6, 6.07) is 12.8. The standard InChI is InChI=1S/C14H12BrClN2O/c15-12-7-11(16)4-5-13(12)18-8-9-2-1-3-10(6-9)14(17)19/h1-7,18H,8H2,(H2,17,19). The van der Waals surface area contributed by atoms with Crippen LogP contribution in [0, 0.1) is 0 Å². The molecule has 0 unspecified atom stereocenters. The van der Waals surface area contributed by atoms with Crippen LogP contribution in [-0.2, 0) is 6.54 Å². The van der Waals surface area contributed by atoms with Gasteiger partial charge in [0.05, 0.1) is 0 Å². The molecule has 0 heterocycles. The minimum Gasteiger partial charge on any atom is -0.380 e. The molecule has 0 bridgehead atoms. The fourth-order valence-electron chi connectivity index (χ4n) is 1.66. The predicted molar refractivity (Wildman–Crippen MR) is 81.4 cm³/mol. The van der Waals surface area contributed by atoms with Crippen LogP contribution in [0.1, 0.15) is 15.9 Å². The number of hydrogen-bond donors (Lipinski definition) is 2. The number of carbonyl (C=O) groups excluding carboxylic acids is 1. The maximum absolute atomic E-state index is 11.1. The SMILES string of the molecule is NC(=O)c1cccc(CNc2ccc(Cl)cc2Br)c1. The molecule has 2 aromatic rings. The number of nitrogens with one attached hydrogen (secondary N) is 1. The highest BCUT2D eigenvalue weighted by Crippen LogP contribution is 2.26. The fourth-order valence-corrected chi connectivity index (χ4v) is 2.49. The molecule has 2 rings (SSSR count). The second kappa shape index (κ2) is 6.08. The first kappa shape index (κ1) is 13.9. The van der Waals surface area contributed by atoms with E-state index >= 15 is 0 Å². The molecule has 0 radical (unpaired) electrons. The van der Waals surface area contributed by atoms with E-state index in [0.29, 0.717) is 17.1 Å². The Labute approximate surface area is 124 Å². The molecule has 0 fully saturated rings. The average Bonchev–Trinajstić information content (AvgIpc) is 2.38. The second-order valence-corrected chi connectivity index (χ2v) is 5.33. The molecule has 3 N–H and O–H groups in total. The van der Waals surface area contributed by atoms with Crippen LogP contribution >= 0.6 is 27.5 Å². The van der Waals surface area contributed by atoms with Crippen molar-refractivity contribution in [3.63, 3.8) is 0 Å². The molecule has 98 valence electrons. The van der Waals surface area contributed by atoms with Crippen molar-refractivity contribution in [2.24, 2.45) is 5.73 Å². The summed E-state index contributed by atoms with van der Waals surface area (Å²) in [7, 11) is 0. The quantitative estimate of drug-likeness (QED) is 0.890. The van der Waals surface area contributed by atoms with Gasteiger partial charge in [0.25, 0.3) is 0 Å². The monoisotopic (exact) mass is 338 g/mol. The molecule has 0 atom stereocenters. The number of amides is 1. The van der Waals surface area contributed by atoms with Crippen molar-refractivity contribution in [2.75, 3.05) is 5.32 Å². The van der Waals surface area contributed by atoms with E-state index in [1.54, 1.807) is 12.1 Å². The van der Waals surface area contributed by atoms with E-state index in [9.17, 15) is 4.79 Å². The third-order valence-electron chi connectivity index (χ3n) is 2.63. The number of halogens is 2. The van der Waals surface area contributed by atoms with Crippen LogP contribution in [-0.4, -0.2) is 5.91 Å². The third-order valence-corrected chi connectivity index (χ3v) is 3.52. The lowest BCUT2D eigenvalue weighted by Gasteiger charge is -2.09. The van der Waals surface area contributed by atoms with Crippen LogP contribution in [0.25, 0.3) is 0 Å². The van der Waals surface area contributed by atoms with Crippen LogP contribution < -0.4 is 11.1 Å². The lowest BCUT2D eigenvalue weighted by atomic mass is 10.1. The van der Waals surface area contributed by atoms with Gasteiger partial charge in [-0.05, 0) is 51.8 Å². The van der Waals surface area contributed by atoms with E-state index in [0.717, 1.165) is 15.7 Å². The number of rotatable bonds is 4. The van der Waals surface area contributed by atoms with Gasteiger partial charge in [-0.15, -0.1) is 0 Å². The van der Waals surface area contributed by atoms with Gasteiger partial charge >= 0.3 is 0 Å². The van der Waals surface area contributed by atoms with Crippen LogP contribution in [0.15, 0.2) is 46.9 Å². The van der Waals surface area contributed by atoms with Gasteiger partial charge in [-0.25, -0.2) is 0 Å². The highest BCUT2D eigenvalue weighted by Gasteiger charge is 2.03. The summed E-state index contributed by atoms with van der Waals surface area (Å²) in [4.78, 5) is 11.1. The number of nitrogens with two attached hydrogens (primary N) is 1. The van der Waals surface area contributed by atoms with Crippen LogP contribution in [0.3, 0.4) is 0 Å². The summed E-state index contributed by atoms with van der Waals surface area (Å²) < 4.78 is 0.894. The average molecular weight is 340 g/mol. The van der Waals surface area contributed by atoms with Crippen molar-refractivity contribution in [3.05, 3.63) is 63.1 Å². The van der Waals surface area contributed by atoms with Gasteiger partial charge in [0, 0.05) is 27.3 Å². The van der Waals surface area contributed by atoms with Gasteiger partial charge in [0.15, 0.2) is 0 Å². The molecule has 3 nitrogen and oxygen atoms in total. The van der Waals surface area contributed by atoms with E-state index < -0.39 is 5.91 Å². The highest BCUT2D eigenvalue weighted by atomic mass is 79.9. The van der Waals surface area contributed by atoms with Crippen molar-refractivity contribution in [1.82, 2.24) is 0 Å². The van der Waals surface area contributed by atoms with Gasteiger partial charge in [-0.3, -0.25) is 4.79 Å². The normalized spacial score (nSPS) is 10.2. The molecule has 0 aliphatic carbocycles.